The lowest BCUT2D eigenvalue weighted by molar-refractivity contribution is -0.147. The van der Waals surface area contributed by atoms with Crippen LogP contribution >= 0.6 is 0 Å². The summed E-state index contributed by atoms with van der Waals surface area (Å²) < 4.78 is 5.45. The van der Waals surface area contributed by atoms with Crippen LogP contribution in [0.15, 0.2) is 72.9 Å². The number of benzene rings is 2. The van der Waals surface area contributed by atoms with E-state index in [2.05, 4.69) is 12.7 Å². The highest BCUT2D eigenvalue weighted by Gasteiger charge is 2.23. The van der Waals surface area contributed by atoms with Crippen molar-refractivity contribution in [3.05, 3.63) is 84.0 Å². The number of carbonyl (C=O) groups excluding carboxylic acids is 1. The molecule has 0 aliphatic rings. The fourth-order valence-electron chi connectivity index (χ4n) is 2.77. The summed E-state index contributed by atoms with van der Waals surface area (Å²) in [5.41, 5.74) is 1.24. The van der Waals surface area contributed by atoms with Crippen molar-refractivity contribution in [2.45, 2.75) is 39.2 Å². The molecule has 0 saturated heterocycles. The van der Waals surface area contributed by atoms with Gasteiger partial charge in [-0.25, -0.2) is 9.59 Å². The van der Waals surface area contributed by atoms with E-state index in [1.807, 2.05) is 20.8 Å². The molecule has 8 heteroatoms. The molecular weight excluding hydrogens is 464 g/mol. The molecule has 0 spiro atoms. The van der Waals surface area contributed by atoms with Crippen LogP contribution in [-0.2, 0) is 14.3 Å². The molecule has 2 rings (SSSR count). The summed E-state index contributed by atoms with van der Waals surface area (Å²) in [6.07, 6.45) is 9.98. The number of rotatable bonds is 9. The van der Waals surface area contributed by atoms with Gasteiger partial charge in [-0.2, -0.15) is 0 Å². The van der Waals surface area contributed by atoms with Crippen molar-refractivity contribution in [2.75, 3.05) is 0 Å². The highest BCUT2D eigenvalue weighted by molar-refractivity contribution is 5.88. The van der Waals surface area contributed by atoms with Crippen molar-refractivity contribution in [2.24, 2.45) is 0 Å². The quantitative estimate of drug-likeness (QED) is 0.173. The Morgan fingerprint density at radius 3 is 1.83 bits per heavy atom. The van der Waals surface area contributed by atoms with Crippen LogP contribution in [-0.4, -0.2) is 43.1 Å². The van der Waals surface area contributed by atoms with Crippen molar-refractivity contribution in [3.8, 4) is 23.0 Å². The molecule has 0 amide bonds. The molecule has 2 aromatic rings. The molecule has 0 aromatic heterocycles. The first-order chi connectivity index (χ1) is 16.8. The Bertz CT molecular complexity index is 1160. The van der Waals surface area contributed by atoms with Crippen LogP contribution in [0.25, 0.3) is 12.2 Å². The van der Waals surface area contributed by atoms with E-state index in [4.69, 9.17) is 14.9 Å². The number of hydrogen-bond acceptors (Lipinski definition) is 7. The van der Waals surface area contributed by atoms with Gasteiger partial charge >= 0.3 is 11.9 Å². The Morgan fingerprint density at radius 2 is 1.42 bits per heavy atom. The zero-order valence-corrected chi connectivity index (χ0v) is 20.5. The molecular formula is C28H32O8. The number of carboxylic acids is 1. The van der Waals surface area contributed by atoms with E-state index in [1.54, 1.807) is 6.08 Å². The average molecular weight is 497 g/mol. The zero-order valence-electron chi connectivity index (χ0n) is 20.5. The summed E-state index contributed by atoms with van der Waals surface area (Å²) >= 11 is 0. The van der Waals surface area contributed by atoms with Crippen molar-refractivity contribution in [1.29, 1.82) is 0 Å². The van der Waals surface area contributed by atoms with Gasteiger partial charge in [-0.15, -0.1) is 0 Å². The van der Waals surface area contributed by atoms with Gasteiger partial charge in [0.2, 0.25) is 0 Å². The smallest absolute Gasteiger partial charge is 0.331 e. The lowest BCUT2D eigenvalue weighted by Gasteiger charge is -2.25. The molecule has 0 saturated carbocycles. The highest BCUT2D eigenvalue weighted by Crippen LogP contribution is 2.25. The number of phenols is 4. The van der Waals surface area contributed by atoms with Crippen LogP contribution in [0.3, 0.4) is 0 Å². The Labute approximate surface area is 210 Å². The number of aliphatic carboxylic acids is 1. The lowest BCUT2D eigenvalue weighted by atomic mass is 9.99. The molecule has 0 aliphatic carbocycles. The summed E-state index contributed by atoms with van der Waals surface area (Å²) in [4.78, 5) is 22.1. The molecule has 1 unspecified atom stereocenters. The van der Waals surface area contributed by atoms with Gasteiger partial charge in [-0.05, 0) is 76.1 Å². The van der Waals surface area contributed by atoms with Crippen LogP contribution in [0.5, 0.6) is 23.0 Å². The van der Waals surface area contributed by atoms with Gasteiger partial charge in [-0.3, -0.25) is 0 Å². The monoisotopic (exact) mass is 496 g/mol. The van der Waals surface area contributed by atoms with Gasteiger partial charge in [-0.1, -0.05) is 18.2 Å². The van der Waals surface area contributed by atoms with E-state index in [0.29, 0.717) is 17.5 Å². The third kappa shape index (κ3) is 11.1. The van der Waals surface area contributed by atoms with E-state index in [-0.39, 0.29) is 23.0 Å². The summed E-state index contributed by atoms with van der Waals surface area (Å²) in [6, 6.07) is 8.07. The summed E-state index contributed by atoms with van der Waals surface area (Å²) in [7, 11) is 0. The predicted molar refractivity (Wildman–Crippen MR) is 139 cm³/mol. The molecule has 0 fully saturated rings. The first-order valence-corrected chi connectivity index (χ1v) is 11.0. The number of aromatic hydroxyl groups is 4. The van der Waals surface area contributed by atoms with E-state index in [1.165, 1.54) is 54.1 Å². The Balaban J connectivity index is 0.000000420. The summed E-state index contributed by atoms with van der Waals surface area (Å²) in [5, 5.41) is 45.3. The number of carbonyl (C=O) groups is 2. The van der Waals surface area contributed by atoms with Crippen LogP contribution in [0.2, 0.25) is 0 Å². The molecule has 36 heavy (non-hydrogen) atoms. The van der Waals surface area contributed by atoms with Crippen molar-refractivity contribution >= 4 is 24.1 Å². The summed E-state index contributed by atoms with van der Waals surface area (Å²) in [6.45, 7) is 9.58. The Hall–Kier alpha value is -4.46. The van der Waals surface area contributed by atoms with E-state index >= 15 is 0 Å². The van der Waals surface area contributed by atoms with Gasteiger partial charge in [0.05, 0.1) is 0 Å². The SMILES string of the molecule is C=CC(C)(CCC=C(C)C)OC(=O)/C=C/c1ccc(O)cc1O.O=C(O)/C=C/c1ccc(O)cc1O. The second-order valence-corrected chi connectivity index (χ2v) is 8.25. The minimum Gasteiger partial charge on any atom is -0.508 e. The van der Waals surface area contributed by atoms with Gasteiger partial charge in [0.1, 0.15) is 28.6 Å². The van der Waals surface area contributed by atoms with Crippen molar-refractivity contribution < 1.29 is 39.9 Å². The highest BCUT2D eigenvalue weighted by atomic mass is 16.6. The fraction of sp³-hybridized carbons (Fsp3) is 0.214. The first-order valence-electron chi connectivity index (χ1n) is 11.0. The second kappa shape index (κ2) is 14.1. The second-order valence-electron chi connectivity index (χ2n) is 8.25. The minimum atomic E-state index is -1.09. The molecule has 1 atom stereocenters. The van der Waals surface area contributed by atoms with Crippen LogP contribution < -0.4 is 0 Å². The first kappa shape index (κ1) is 29.6. The Morgan fingerprint density at radius 1 is 0.917 bits per heavy atom. The normalized spacial score (nSPS) is 12.3. The maximum absolute atomic E-state index is 12.0. The Kier molecular flexibility index (Phi) is 11.5. The van der Waals surface area contributed by atoms with E-state index < -0.39 is 17.5 Å². The predicted octanol–water partition coefficient (Wildman–Crippen LogP) is 5.54. The van der Waals surface area contributed by atoms with Crippen LogP contribution in [0, 0.1) is 0 Å². The van der Waals surface area contributed by atoms with E-state index in [0.717, 1.165) is 18.6 Å². The molecule has 192 valence electrons. The number of carboxylic acid groups (broad SMARTS) is 1. The molecule has 0 heterocycles. The third-order valence-corrected chi connectivity index (χ3v) is 4.79. The van der Waals surface area contributed by atoms with Crippen LogP contribution in [0.4, 0.5) is 0 Å². The van der Waals surface area contributed by atoms with Crippen molar-refractivity contribution in [1.82, 2.24) is 0 Å². The zero-order chi connectivity index (χ0) is 27.3. The molecule has 2 aromatic carbocycles. The average Bonchev–Trinajstić information content (AvgIpc) is 2.78. The number of hydrogen-bond donors (Lipinski definition) is 5. The largest absolute Gasteiger partial charge is 0.508 e. The lowest BCUT2D eigenvalue weighted by Crippen LogP contribution is -2.28. The number of ether oxygens (including phenoxy) is 1. The van der Waals surface area contributed by atoms with Crippen molar-refractivity contribution in [3.63, 3.8) is 0 Å². The maximum atomic E-state index is 12.0. The fourth-order valence-corrected chi connectivity index (χ4v) is 2.77. The standard InChI is InChI=1S/C19H24O4.C9H8O4/c1-5-19(4,12-6-7-14(2)3)23-18(22)11-9-15-8-10-16(20)13-17(15)21;10-7-3-1-6(8(11)5-7)2-4-9(12)13/h5,7-11,13,20-21H,1,6,12H2,2-4H3;1-5,10-11H,(H,12,13)/b11-9+;4-2+. The minimum absolute atomic E-state index is 0.0410. The summed E-state index contributed by atoms with van der Waals surface area (Å²) in [5.74, 6) is -1.98. The number of esters is 1. The van der Waals surface area contributed by atoms with Gasteiger partial charge in [0.25, 0.3) is 0 Å². The molecule has 5 N–H and O–H groups in total. The maximum Gasteiger partial charge on any atom is 0.331 e. The third-order valence-electron chi connectivity index (χ3n) is 4.79. The van der Waals surface area contributed by atoms with E-state index in [9.17, 15) is 24.9 Å². The van der Waals surface area contributed by atoms with Gasteiger partial charge in [0, 0.05) is 35.4 Å². The van der Waals surface area contributed by atoms with Crippen LogP contribution in [0.1, 0.15) is 44.7 Å². The molecule has 0 aliphatic heterocycles. The number of phenolic OH excluding ortho intramolecular Hbond substituents is 4. The molecule has 8 nitrogen and oxygen atoms in total. The molecule has 0 bridgehead atoms. The van der Waals surface area contributed by atoms with Gasteiger partial charge < -0.3 is 30.3 Å². The topological polar surface area (TPSA) is 145 Å². The number of allylic oxidation sites excluding steroid dienone is 2. The molecule has 0 radical (unpaired) electrons. The van der Waals surface area contributed by atoms with Gasteiger partial charge in [0.15, 0.2) is 0 Å².